The number of nitrogens with zero attached hydrogens (tertiary/aromatic N) is 2. The molecule has 0 aliphatic heterocycles. The molecule has 122 valence electrons. The number of unbranched alkanes of at least 4 members (excludes halogenated alkanes) is 4. The zero-order valence-corrected chi connectivity index (χ0v) is 13.8. The van der Waals surface area contributed by atoms with Crippen LogP contribution in [0, 0.1) is 11.8 Å². The number of aromatic nitrogens is 2. The Morgan fingerprint density at radius 1 is 1.27 bits per heavy atom. The molecule has 1 rings (SSSR count). The van der Waals surface area contributed by atoms with Crippen molar-refractivity contribution in [3.8, 4) is 11.8 Å². The van der Waals surface area contributed by atoms with Crippen molar-refractivity contribution < 1.29 is 0 Å². The summed E-state index contributed by atoms with van der Waals surface area (Å²) in [4.78, 5) is 16.0. The molecule has 5 heteroatoms. The maximum absolute atomic E-state index is 12.1. The van der Waals surface area contributed by atoms with Crippen molar-refractivity contribution >= 4 is 5.82 Å². The van der Waals surface area contributed by atoms with Crippen molar-refractivity contribution in [3.05, 3.63) is 22.2 Å². The molecular formula is C17H28N4O. The average Bonchev–Trinajstić information content (AvgIpc) is 2.51. The Hall–Kier alpha value is -1.80. The summed E-state index contributed by atoms with van der Waals surface area (Å²) in [6, 6.07) is 0.153. The predicted molar refractivity (Wildman–Crippen MR) is 91.5 cm³/mol. The lowest BCUT2D eigenvalue weighted by Gasteiger charge is -2.18. The third kappa shape index (κ3) is 5.53. The van der Waals surface area contributed by atoms with Crippen molar-refractivity contribution in [2.75, 3.05) is 12.3 Å². The minimum atomic E-state index is -0.295. The third-order valence-corrected chi connectivity index (χ3v) is 3.81. The molecule has 1 heterocycles. The first-order valence-electron chi connectivity index (χ1n) is 8.21. The van der Waals surface area contributed by atoms with Gasteiger partial charge in [-0.25, -0.2) is 4.79 Å². The molecule has 1 unspecified atom stereocenters. The van der Waals surface area contributed by atoms with Crippen LogP contribution in [0.5, 0.6) is 0 Å². The lowest BCUT2D eigenvalue weighted by molar-refractivity contribution is 0.411. The van der Waals surface area contributed by atoms with Crippen molar-refractivity contribution in [1.82, 2.24) is 9.55 Å². The van der Waals surface area contributed by atoms with E-state index in [1.165, 1.54) is 25.7 Å². The van der Waals surface area contributed by atoms with Gasteiger partial charge >= 0.3 is 5.69 Å². The van der Waals surface area contributed by atoms with Gasteiger partial charge in [0.2, 0.25) is 0 Å². The predicted octanol–water partition coefficient (Wildman–Crippen LogP) is 2.45. The summed E-state index contributed by atoms with van der Waals surface area (Å²) < 4.78 is 1.68. The molecule has 1 atom stereocenters. The summed E-state index contributed by atoms with van der Waals surface area (Å²) in [7, 11) is 0. The van der Waals surface area contributed by atoms with Gasteiger partial charge in [0.05, 0.1) is 12.1 Å². The van der Waals surface area contributed by atoms with E-state index in [1.807, 2.05) is 0 Å². The lowest BCUT2D eigenvalue weighted by Crippen LogP contribution is -2.28. The Kier molecular flexibility index (Phi) is 8.31. The molecule has 22 heavy (non-hydrogen) atoms. The number of anilines is 1. The molecule has 5 nitrogen and oxygen atoms in total. The van der Waals surface area contributed by atoms with Crippen molar-refractivity contribution in [3.63, 3.8) is 0 Å². The smallest absolute Gasteiger partial charge is 0.349 e. The average molecular weight is 304 g/mol. The molecule has 0 amide bonds. The standard InChI is InChI=1S/C17H28N4O/c1-3-5-6-7-8-11-15(4-2)21-13-14(10-9-12-18)16(19)20-17(21)22/h13,15H,3-8,11-12,18H2,1-2H3,(H2,19,20,22). The molecule has 0 spiro atoms. The lowest BCUT2D eigenvalue weighted by atomic mass is 10.0. The molecule has 0 aromatic carbocycles. The van der Waals surface area contributed by atoms with Gasteiger partial charge in [0.25, 0.3) is 0 Å². The summed E-state index contributed by atoms with van der Waals surface area (Å²) in [6.45, 7) is 4.55. The molecule has 1 aromatic heterocycles. The van der Waals surface area contributed by atoms with Crippen molar-refractivity contribution in [2.45, 2.75) is 64.8 Å². The molecule has 0 radical (unpaired) electrons. The molecule has 0 fully saturated rings. The Morgan fingerprint density at radius 2 is 2.00 bits per heavy atom. The molecule has 0 aliphatic rings. The van der Waals surface area contributed by atoms with E-state index in [0.717, 1.165) is 19.3 Å². The molecule has 4 N–H and O–H groups in total. The molecular weight excluding hydrogens is 276 g/mol. The molecule has 0 saturated carbocycles. The van der Waals surface area contributed by atoms with Gasteiger partial charge < -0.3 is 11.5 Å². The molecule has 0 saturated heterocycles. The van der Waals surface area contributed by atoms with E-state index in [2.05, 4.69) is 30.7 Å². The van der Waals surface area contributed by atoms with Crippen LogP contribution in [0.1, 0.15) is 70.4 Å². The number of rotatable bonds is 8. The normalized spacial score (nSPS) is 11.8. The Balaban J connectivity index is 2.84. The minimum Gasteiger partial charge on any atom is -0.382 e. The Morgan fingerprint density at radius 3 is 2.64 bits per heavy atom. The van der Waals surface area contributed by atoms with Crippen LogP contribution in [0.3, 0.4) is 0 Å². The van der Waals surface area contributed by atoms with E-state index in [0.29, 0.717) is 5.56 Å². The Bertz CT molecular complexity index is 568. The first-order chi connectivity index (χ1) is 10.6. The van der Waals surface area contributed by atoms with Crippen molar-refractivity contribution in [2.24, 2.45) is 5.73 Å². The van der Waals surface area contributed by atoms with Gasteiger partial charge in [-0.1, -0.05) is 57.8 Å². The van der Waals surface area contributed by atoms with Gasteiger partial charge in [0, 0.05) is 12.2 Å². The zero-order valence-electron chi connectivity index (χ0n) is 13.8. The second-order valence-corrected chi connectivity index (χ2v) is 5.50. The van der Waals surface area contributed by atoms with E-state index in [9.17, 15) is 4.79 Å². The highest BCUT2D eigenvalue weighted by Crippen LogP contribution is 2.19. The summed E-state index contributed by atoms with van der Waals surface area (Å²) >= 11 is 0. The van der Waals surface area contributed by atoms with Crippen LogP contribution < -0.4 is 17.2 Å². The quantitative estimate of drug-likeness (QED) is 0.570. The van der Waals surface area contributed by atoms with Crippen molar-refractivity contribution in [1.29, 1.82) is 0 Å². The summed E-state index contributed by atoms with van der Waals surface area (Å²) in [5.41, 5.74) is 11.4. The highest BCUT2D eigenvalue weighted by molar-refractivity contribution is 5.49. The number of hydrogen-bond donors (Lipinski definition) is 2. The second-order valence-electron chi connectivity index (χ2n) is 5.50. The van der Waals surface area contributed by atoms with Crippen LogP contribution >= 0.6 is 0 Å². The second kappa shape index (κ2) is 10.0. The van der Waals surface area contributed by atoms with E-state index in [4.69, 9.17) is 11.5 Å². The molecule has 1 aromatic rings. The van der Waals surface area contributed by atoms with Crippen LogP contribution in [-0.4, -0.2) is 16.1 Å². The van der Waals surface area contributed by atoms with E-state index >= 15 is 0 Å². The van der Waals surface area contributed by atoms with Crippen LogP contribution in [-0.2, 0) is 0 Å². The third-order valence-electron chi connectivity index (χ3n) is 3.81. The number of nitrogens with two attached hydrogens (primary N) is 2. The monoisotopic (exact) mass is 304 g/mol. The van der Waals surface area contributed by atoms with Crippen LogP contribution in [0.25, 0.3) is 0 Å². The van der Waals surface area contributed by atoms with Crippen LogP contribution in [0.15, 0.2) is 11.0 Å². The minimum absolute atomic E-state index is 0.153. The summed E-state index contributed by atoms with van der Waals surface area (Å²) in [5, 5.41) is 0. The van der Waals surface area contributed by atoms with E-state index in [-0.39, 0.29) is 24.1 Å². The summed E-state index contributed by atoms with van der Waals surface area (Å²) in [6.07, 6.45) is 9.71. The SMILES string of the molecule is CCCCCCCC(CC)n1cc(C#CCN)c(N)nc1=O. The van der Waals surface area contributed by atoms with E-state index < -0.39 is 0 Å². The molecule has 0 aliphatic carbocycles. The van der Waals surface area contributed by atoms with Crippen LogP contribution in [0.4, 0.5) is 5.82 Å². The fraction of sp³-hybridized carbons (Fsp3) is 0.647. The van der Waals surface area contributed by atoms with Crippen LogP contribution in [0.2, 0.25) is 0 Å². The maximum Gasteiger partial charge on any atom is 0.349 e. The largest absolute Gasteiger partial charge is 0.382 e. The fourth-order valence-corrected chi connectivity index (χ4v) is 2.51. The molecule has 0 bridgehead atoms. The maximum atomic E-state index is 12.1. The van der Waals surface area contributed by atoms with Gasteiger partial charge in [-0.15, -0.1) is 0 Å². The van der Waals surface area contributed by atoms with Gasteiger partial charge in [0.15, 0.2) is 0 Å². The fourth-order valence-electron chi connectivity index (χ4n) is 2.51. The number of nitrogen functional groups attached to an aromatic ring is 1. The van der Waals surface area contributed by atoms with Gasteiger partial charge in [-0.05, 0) is 12.8 Å². The zero-order chi connectivity index (χ0) is 16.4. The van der Waals surface area contributed by atoms with Gasteiger partial charge in [-0.2, -0.15) is 4.98 Å². The Labute approximate surface area is 133 Å². The highest BCUT2D eigenvalue weighted by Gasteiger charge is 2.13. The van der Waals surface area contributed by atoms with Gasteiger partial charge in [-0.3, -0.25) is 4.57 Å². The topological polar surface area (TPSA) is 86.9 Å². The summed E-state index contributed by atoms with van der Waals surface area (Å²) in [5.74, 6) is 5.82. The first-order valence-corrected chi connectivity index (χ1v) is 8.21. The van der Waals surface area contributed by atoms with E-state index in [1.54, 1.807) is 10.8 Å². The number of hydrogen-bond acceptors (Lipinski definition) is 4. The highest BCUT2D eigenvalue weighted by atomic mass is 16.1. The van der Waals surface area contributed by atoms with Gasteiger partial charge in [0.1, 0.15) is 5.82 Å². The first kappa shape index (κ1) is 18.2.